The summed E-state index contributed by atoms with van der Waals surface area (Å²) >= 11 is 7.78. The highest BCUT2D eigenvalue weighted by molar-refractivity contribution is 7.18. The number of fused-ring (bicyclic) bond motifs is 1. The third-order valence-corrected chi connectivity index (χ3v) is 7.25. The van der Waals surface area contributed by atoms with Crippen molar-refractivity contribution in [2.45, 2.75) is 25.7 Å². The van der Waals surface area contributed by atoms with E-state index >= 15 is 0 Å². The van der Waals surface area contributed by atoms with E-state index in [1.807, 2.05) is 23.1 Å². The Hall–Kier alpha value is -2.77. The molecule has 1 amide bonds. The van der Waals surface area contributed by atoms with Crippen LogP contribution >= 0.6 is 22.9 Å². The van der Waals surface area contributed by atoms with Crippen molar-refractivity contribution in [2.75, 3.05) is 13.1 Å². The highest BCUT2D eigenvalue weighted by Gasteiger charge is 2.28. The van der Waals surface area contributed by atoms with Crippen LogP contribution < -0.4 is 0 Å². The van der Waals surface area contributed by atoms with E-state index in [0.29, 0.717) is 41.0 Å². The van der Waals surface area contributed by atoms with Crippen molar-refractivity contribution in [1.29, 1.82) is 0 Å². The SMILES string of the molecule is Cc1c(C(=O)N2CCC(c3nc4cc(Cl)ccc4s3)CC2)cnn1-c1ccccc1F. The molecule has 5 nitrogen and oxygen atoms in total. The summed E-state index contributed by atoms with van der Waals surface area (Å²) in [4.78, 5) is 19.7. The maximum Gasteiger partial charge on any atom is 0.257 e. The van der Waals surface area contributed by atoms with Gasteiger partial charge in [-0.25, -0.2) is 14.1 Å². The summed E-state index contributed by atoms with van der Waals surface area (Å²) in [6.45, 7) is 3.11. The molecular formula is C23H20ClFN4OS. The van der Waals surface area contributed by atoms with Gasteiger partial charge in [-0.3, -0.25) is 4.79 Å². The molecule has 2 aromatic carbocycles. The molecule has 0 atom stereocenters. The Morgan fingerprint density at radius 1 is 1.19 bits per heavy atom. The highest BCUT2D eigenvalue weighted by atomic mass is 35.5. The first-order valence-electron chi connectivity index (χ1n) is 10.2. The predicted octanol–water partition coefficient (Wildman–Crippen LogP) is 5.60. The van der Waals surface area contributed by atoms with Crippen molar-refractivity contribution in [3.05, 3.63) is 75.8 Å². The zero-order valence-corrected chi connectivity index (χ0v) is 18.5. The number of carbonyl (C=O) groups excluding carboxylic acids is 1. The molecule has 5 rings (SSSR count). The lowest BCUT2D eigenvalue weighted by molar-refractivity contribution is 0.0712. The lowest BCUT2D eigenvalue weighted by Crippen LogP contribution is -2.38. The monoisotopic (exact) mass is 454 g/mol. The first-order valence-corrected chi connectivity index (χ1v) is 11.4. The number of halogens is 2. The molecule has 2 aromatic heterocycles. The zero-order valence-electron chi connectivity index (χ0n) is 16.9. The molecule has 0 radical (unpaired) electrons. The van der Waals surface area contributed by atoms with Crippen molar-refractivity contribution in [3.63, 3.8) is 0 Å². The fourth-order valence-electron chi connectivity index (χ4n) is 4.08. The van der Waals surface area contributed by atoms with Gasteiger partial charge in [-0.05, 0) is 50.1 Å². The van der Waals surface area contributed by atoms with E-state index in [0.717, 1.165) is 28.1 Å². The summed E-state index contributed by atoms with van der Waals surface area (Å²) < 4.78 is 16.8. The maximum atomic E-state index is 14.2. The topological polar surface area (TPSA) is 51.0 Å². The summed E-state index contributed by atoms with van der Waals surface area (Å²) in [6, 6.07) is 12.2. The minimum Gasteiger partial charge on any atom is -0.338 e. The van der Waals surface area contributed by atoms with Crippen molar-refractivity contribution < 1.29 is 9.18 Å². The number of likely N-dealkylation sites (tertiary alicyclic amines) is 1. The van der Waals surface area contributed by atoms with Crippen molar-refractivity contribution in [3.8, 4) is 5.69 Å². The standard InChI is InChI=1S/C23H20ClFN4OS/c1-14-17(13-26-29(14)20-5-3-2-4-18(20)25)23(30)28-10-8-15(9-11-28)22-27-19-12-16(24)6-7-21(19)31-22/h2-7,12-13,15H,8-11H2,1H3. The summed E-state index contributed by atoms with van der Waals surface area (Å²) in [5.41, 5.74) is 2.42. The largest absolute Gasteiger partial charge is 0.338 e. The van der Waals surface area contributed by atoms with Gasteiger partial charge in [0.05, 0.1) is 32.7 Å². The first-order chi connectivity index (χ1) is 15.0. The number of carbonyl (C=O) groups is 1. The van der Waals surface area contributed by atoms with E-state index in [4.69, 9.17) is 16.6 Å². The number of amides is 1. The number of piperidine rings is 1. The molecular weight excluding hydrogens is 435 g/mol. The van der Waals surface area contributed by atoms with Gasteiger partial charge in [0.1, 0.15) is 11.5 Å². The molecule has 4 aromatic rings. The molecule has 1 aliphatic rings. The molecule has 158 valence electrons. The van der Waals surface area contributed by atoms with Gasteiger partial charge in [-0.1, -0.05) is 23.7 Å². The van der Waals surface area contributed by atoms with Crippen LogP contribution in [0.5, 0.6) is 0 Å². The Kier molecular flexibility index (Phi) is 5.24. The van der Waals surface area contributed by atoms with Gasteiger partial charge < -0.3 is 4.90 Å². The molecule has 1 saturated heterocycles. The zero-order chi connectivity index (χ0) is 21.5. The second-order valence-corrected chi connectivity index (χ2v) is 9.24. The summed E-state index contributed by atoms with van der Waals surface area (Å²) in [7, 11) is 0. The van der Waals surface area contributed by atoms with E-state index in [9.17, 15) is 9.18 Å². The van der Waals surface area contributed by atoms with E-state index in [1.165, 1.54) is 16.9 Å². The Morgan fingerprint density at radius 3 is 2.74 bits per heavy atom. The van der Waals surface area contributed by atoms with Crippen LogP contribution in [0.2, 0.25) is 5.02 Å². The first kappa shape index (κ1) is 20.2. The van der Waals surface area contributed by atoms with Crippen LogP contribution in [0, 0.1) is 12.7 Å². The van der Waals surface area contributed by atoms with Crippen LogP contribution in [-0.2, 0) is 0 Å². The molecule has 0 N–H and O–H groups in total. The Labute approximate surface area is 188 Å². The molecule has 0 spiro atoms. The average Bonchev–Trinajstić information content (AvgIpc) is 3.37. The number of nitrogens with zero attached hydrogens (tertiary/aromatic N) is 4. The van der Waals surface area contributed by atoms with E-state index in [2.05, 4.69) is 5.10 Å². The summed E-state index contributed by atoms with van der Waals surface area (Å²) in [5, 5.41) is 6.06. The van der Waals surface area contributed by atoms with Gasteiger partial charge in [0.2, 0.25) is 0 Å². The number of aromatic nitrogens is 3. The smallest absolute Gasteiger partial charge is 0.257 e. The molecule has 8 heteroatoms. The third-order valence-electron chi connectivity index (χ3n) is 5.82. The summed E-state index contributed by atoms with van der Waals surface area (Å²) in [5.74, 6) is -0.0947. The van der Waals surface area contributed by atoms with Crippen LogP contribution in [0.15, 0.2) is 48.7 Å². The summed E-state index contributed by atoms with van der Waals surface area (Å²) in [6.07, 6.45) is 3.26. The fourth-order valence-corrected chi connectivity index (χ4v) is 5.36. The lowest BCUT2D eigenvalue weighted by Gasteiger charge is -2.31. The van der Waals surface area contributed by atoms with Gasteiger partial charge in [0.25, 0.3) is 5.91 Å². The molecule has 31 heavy (non-hydrogen) atoms. The van der Waals surface area contributed by atoms with E-state index in [-0.39, 0.29) is 11.7 Å². The van der Waals surface area contributed by atoms with Gasteiger partial charge in [-0.2, -0.15) is 5.10 Å². The fraction of sp³-hybridized carbons (Fsp3) is 0.261. The maximum absolute atomic E-state index is 14.2. The Bertz CT molecular complexity index is 1280. The van der Waals surface area contributed by atoms with Crippen LogP contribution in [0.1, 0.15) is 39.8 Å². The van der Waals surface area contributed by atoms with Crippen molar-refractivity contribution in [2.24, 2.45) is 0 Å². The lowest BCUT2D eigenvalue weighted by atomic mass is 9.97. The van der Waals surface area contributed by atoms with E-state index in [1.54, 1.807) is 36.5 Å². The molecule has 0 bridgehead atoms. The van der Waals surface area contributed by atoms with Gasteiger partial charge in [0.15, 0.2) is 0 Å². The molecule has 3 heterocycles. The highest BCUT2D eigenvalue weighted by Crippen LogP contribution is 2.35. The third kappa shape index (κ3) is 3.72. The van der Waals surface area contributed by atoms with Crippen molar-refractivity contribution in [1.82, 2.24) is 19.7 Å². The van der Waals surface area contributed by atoms with Crippen LogP contribution in [0.4, 0.5) is 4.39 Å². The number of rotatable bonds is 3. The van der Waals surface area contributed by atoms with Gasteiger partial charge in [-0.15, -0.1) is 11.3 Å². The minimum atomic E-state index is -0.370. The average molecular weight is 455 g/mol. The van der Waals surface area contributed by atoms with Gasteiger partial charge >= 0.3 is 0 Å². The number of hydrogen-bond donors (Lipinski definition) is 0. The molecule has 0 aliphatic carbocycles. The molecule has 1 fully saturated rings. The normalized spacial score (nSPS) is 15.0. The molecule has 1 aliphatic heterocycles. The Morgan fingerprint density at radius 2 is 1.97 bits per heavy atom. The van der Waals surface area contributed by atoms with Crippen LogP contribution in [-0.4, -0.2) is 38.7 Å². The van der Waals surface area contributed by atoms with Crippen LogP contribution in [0.3, 0.4) is 0 Å². The quantitative estimate of drug-likeness (QED) is 0.404. The minimum absolute atomic E-state index is 0.0605. The number of para-hydroxylation sites is 1. The van der Waals surface area contributed by atoms with E-state index < -0.39 is 0 Å². The predicted molar refractivity (Wildman–Crippen MR) is 121 cm³/mol. The molecule has 0 saturated carbocycles. The number of hydrogen-bond acceptors (Lipinski definition) is 4. The Balaban J connectivity index is 1.30. The van der Waals surface area contributed by atoms with Crippen LogP contribution in [0.25, 0.3) is 15.9 Å². The molecule has 0 unspecified atom stereocenters. The second kappa shape index (κ2) is 8.05. The second-order valence-electron chi connectivity index (χ2n) is 7.74. The van der Waals surface area contributed by atoms with Gasteiger partial charge in [0, 0.05) is 24.0 Å². The van der Waals surface area contributed by atoms with Crippen molar-refractivity contribution >= 4 is 39.1 Å². The number of thiazole rings is 1. The number of benzene rings is 2.